The lowest BCUT2D eigenvalue weighted by molar-refractivity contribution is 0.218. The predicted octanol–water partition coefficient (Wildman–Crippen LogP) is 2.17. The monoisotopic (exact) mass is 199 g/mol. The highest BCUT2D eigenvalue weighted by molar-refractivity contribution is 4.73. The van der Waals surface area contributed by atoms with E-state index >= 15 is 0 Å². The Kier molecular flexibility index (Phi) is 5.49. The Hall–Kier alpha value is -0.0800. The minimum Gasteiger partial charge on any atom is -0.395 e. The van der Waals surface area contributed by atoms with Crippen molar-refractivity contribution in [2.75, 3.05) is 13.2 Å². The molecule has 0 heterocycles. The van der Waals surface area contributed by atoms with Gasteiger partial charge in [0.15, 0.2) is 0 Å². The zero-order chi connectivity index (χ0) is 10.4. The third kappa shape index (κ3) is 3.97. The maximum absolute atomic E-state index is 9.04. The fourth-order valence-corrected chi connectivity index (χ4v) is 2.20. The fraction of sp³-hybridized carbons (Fsp3) is 1.00. The van der Waals surface area contributed by atoms with Crippen molar-refractivity contribution in [1.29, 1.82) is 0 Å². The second-order valence-corrected chi connectivity index (χ2v) is 4.82. The predicted molar refractivity (Wildman–Crippen MR) is 60.3 cm³/mol. The van der Waals surface area contributed by atoms with Crippen LogP contribution in [0.5, 0.6) is 0 Å². The Labute approximate surface area is 88.1 Å². The smallest absolute Gasteiger partial charge is 0.0584 e. The summed E-state index contributed by atoms with van der Waals surface area (Å²) in [6.45, 7) is 5.86. The molecule has 0 unspecified atom stereocenters. The molecular weight excluding hydrogens is 174 g/mol. The van der Waals surface area contributed by atoms with Gasteiger partial charge < -0.3 is 10.4 Å². The standard InChI is InChI=1S/C12H25NO/c1-3-12(9-14)13-8-11-6-4-10(2)5-7-11/h10-14H,3-9H2,1-2H3/t10?,11?,12-/m1/s1. The van der Waals surface area contributed by atoms with Crippen LogP contribution in [-0.2, 0) is 0 Å². The Balaban J connectivity index is 2.12. The second kappa shape index (κ2) is 6.41. The summed E-state index contributed by atoms with van der Waals surface area (Å²) < 4.78 is 0. The summed E-state index contributed by atoms with van der Waals surface area (Å²) in [5.41, 5.74) is 0. The summed E-state index contributed by atoms with van der Waals surface area (Å²) in [7, 11) is 0. The van der Waals surface area contributed by atoms with Crippen LogP contribution < -0.4 is 5.32 Å². The van der Waals surface area contributed by atoms with Crippen LogP contribution in [0.2, 0.25) is 0 Å². The number of hydrogen-bond acceptors (Lipinski definition) is 2. The van der Waals surface area contributed by atoms with E-state index in [-0.39, 0.29) is 6.61 Å². The number of rotatable bonds is 5. The van der Waals surface area contributed by atoms with E-state index in [0.29, 0.717) is 6.04 Å². The second-order valence-electron chi connectivity index (χ2n) is 4.82. The minimum absolute atomic E-state index is 0.277. The molecule has 0 saturated heterocycles. The van der Waals surface area contributed by atoms with Crippen molar-refractivity contribution < 1.29 is 5.11 Å². The van der Waals surface area contributed by atoms with Gasteiger partial charge in [-0.25, -0.2) is 0 Å². The summed E-state index contributed by atoms with van der Waals surface area (Å²) in [6.07, 6.45) is 6.55. The molecule has 0 aromatic carbocycles. The van der Waals surface area contributed by atoms with Crippen LogP contribution in [0.15, 0.2) is 0 Å². The lowest BCUT2D eigenvalue weighted by atomic mass is 9.83. The minimum atomic E-state index is 0.277. The van der Waals surface area contributed by atoms with Crippen molar-refractivity contribution in [3.8, 4) is 0 Å². The quantitative estimate of drug-likeness (QED) is 0.711. The average molecular weight is 199 g/mol. The van der Waals surface area contributed by atoms with Crippen LogP contribution in [-0.4, -0.2) is 24.3 Å². The molecule has 0 spiro atoms. The molecule has 84 valence electrons. The van der Waals surface area contributed by atoms with Crippen LogP contribution in [0.4, 0.5) is 0 Å². The van der Waals surface area contributed by atoms with E-state index in [9.17, 15) is 0 Å². The van der Waals surface area contributed by atoms with Crippen molar-refractivity contribution in [3.63, 3.8) is 0 Å². The van der Waals surface area contributed by atoms with Gasteiger partial charge in [-0.3, -0.25) is 0 Å². The fourth-order valence-electron chi connectivity index (χ4n) is 2.20. The molecule has 1 aliphatic carbocycles. The van der Waals surface area contributed by atoms with Gasteiger partial charge in [-0.05, 0) is 37.6 Å². The van der Waals surface area contributed by atoms with Crippen LogP contribution in [0, 0.1) is 11.8 Å². The summed E-state index contributed by atoms with van der Waals surface area (Å²) in [6, 6.07) is 0.314. The Morgan fingerprint density at radius 3 is 2.43 bits per heavy atom. The molecule has 14 heavy (non-hydrogen) atoms. The van der Waals surface area contributed by atoms with Crippen molar-refractivity contribution in [1.82, 2.24) is 5.32 Å². The van der Waals surface area contributed by atoms with E-state index in [2.05, 4.69) is 19.2 Å². The third-order valence-electron chi connectivity index (χ3n) is 3.54. The molecule has 0 aliphatic heterocycles. The van der Waals surface area contributed by atoms with Crippen LogP contribution in [0.1, 0.15) is 46.0 Å². The van der Waals surface area contributed by atoms with Crippen LogP contribution >= 0.6 is 0 Å². The molecule has 2 nitrogen and oxygen atoms in total. The molecule has 1 saturated carbocycles. The number of hydrogen-bond donors (Lipinski definition) is 2. The lowest BCUT2D eigenvalue weighted by Gasteiger charge is -2.27. The van der Waals surface area contributed by atoms with Crippen molar-refractivity contribution in [2.24, 2.45) is 11.8 Å². The van der Waals surface area contributed by atoms with Gasteiger partial charge in [0.05, 0.1) is 6.61 Å². The van der Waals surface area contributed by atoms with E-state index < -0.39 is 0 Å². The highest BCUT2D eigenvalue weighted by Gasteiger charge is 2.18. The Morgan fingerprint density at radius 1 is 1.29 bits per heavy atom. The van der Waals surface area contributed by atoms with Crippen LogP contribution in [0.25, 0.3) is 0 Å². The third-order valence-corrected chi connectivity index (χ3v) is 3.54. The van der Waals surface area contributed by atoms with Crippen LogP contribution in [0.3, 0.4) is 0 Å². The summed E-state index contributed by atoms with van der Waals surface area (Å²) in [4.78, 5) is 0. The zero-order valence-electron chi connectivity index (χ0n) is 9.63. The largest absolute Gasteiger partial charge is 0.395 e. The van der Waals surface area contributed by atoms with E-state index in [0.717, 1.165) is 24.8 Å². The summed E-state index contributed by atoms with van der Waals surface area (Å²) in [5, 5.41) is 12.5. The van der Waals surface area contributed by atoms with Gasteiger partial charge in [0.2, 0.25) is 0 Å². The van der Waals surface area contributed by atoms with Gasteiger partial charge >= 0.3 is 0 Å². The molecule has 1 fully saturated rings. The maximum Gasteiger partial charge on any atom is 0.0584 e. The molecule has 2 heteroatoms. The molecule has 1 rings (SSSR count). The molecule has 2 N–H and O–H groups in total. The first-order valence-corrected chi connectivity index (χ1v) is 6.10. The Bertz CT molecular complexity index is 137. The van der Waals surface area contributed by atoms with Gasteiger partial charge in [-0.1, -0.05) is 26.7 Å². The van der Waals surface area contributed by atoms with Gasteiger partial charge in [0.1, 0.15) is 0 Å². The summed E-state index contributed by atoms with van der Waals surface area (Å²) >= 11 is 0. The normalized spacial score (nSPS) is 30.2. The zero-order valence-corrected chi connectivity index (χ0v) is 9.63. The van der Waals surface area contributed by atoms with E-state index in [4.69, 9.17) is 5.11 Å². The molecule has 0 amide bonds. The number of aliphatic hydroxyl groups excluding tert-OH is 1. The van der Waals surface area contributed by atoms with E-state index in [1.807, 2.05) is 0 Å². The number of nitrogens with one attached hydrogen (secondary N) is 1. The molecule has 1 aliphatic rings. The van der Waals surface area contributed by atoms with Crippen molar-refractivity contribution >= 4 is 0 Å². The molecule has 0 bridgehead atoms. The molecule has 0 aromatic rings. The molecule has 0 radical (unpaired) electrons. The first-order chi connectivity index (χ1) is 6.76. The Morgan fingerprint density at radius 2 is 1.93 bits per heavy atom. The number of aliphatic hydroxyl groups is 1. The molecule has 0 aromatic heterocycles. The maximum atomic E-state index is 9.04. The van der Waals surface area contributed by atoms with Gasteiger partial charge in [0, 0.05) is 6.04 Å². The van der Waals surface area contributed by atoms with Gasteiger partial charge in [-0.15, -0.1) is 0 Å². The topological polar surface area (TPSA) is 32.3 Å². The highest BCUT2D eigenvalue weighted by atomic mass is 16.3. The molecule has 1 atom stereocenters. The van der Waals surface area contributed by atoms with E-state index in [1.54, 1.807) is 0 Å². The first kappa shape index (κ1) is 12.0. The van der Waals surface area contributed by atoms with Gasteiger partial charge in [-0.2, -0.15) is 0 Å². The van der Waals surface area contributed by atoms with Crippen molar-refractivity contribution in [2.45, 2.75) is 52.0 Å². The van der Waals surface area contributed by atoms with E-state index in [1.165, 1.54) is 25.7 Å². The SMILES string of the molecule is CC[C@H](CO)NCC1CCC(C)CC1. The van der Waals surface area contributed by atoms with Crippen molar-refractivity contribution in [3.05, 3.63) is 0 Å². The first-order valence-electron chi connectivity index (χ1n) is 6.10. The molecular formula is C12H25NO. The average Bonchev–Trinajstić information content (AvgIpc) is 2.22. The highest BCUT2D eigenvalue weighted by Crippen LogP contribution is 2.27. The van der Waals surface area contributed by atoms with Gasteiger partial charge in [0.25, 0.3) is 0 Å². The summed E-state index contributed by atoms with van der Waals surface area (Å²) in [5.74, 6) is 1.79. The lowest BCUT2D eigenvalue weighted by Crippen LogP contribution is -2.36.